The fraction of sp³-hybridized carbons (Fsp3) is 0.100. The Balaban J connectivity index is 1.84. The van der Waals surface area contributed by atoms with Crippen molar-refractivity contribution < 1.29 is 14.3 Å². The molecule has 5 heteroatoms. The number of thioether (sulfide) groups is 1. The highest BCUT2D eigenvalue weighted by Crippen LogP contribution is 2.35. The van der Waals surface area contributed by atoms with Gasteiger partial charge in [-0.3, -0.25) is 9.59 Å². The zero-order chi connectivity index (χ0) is 17.8. The van der Waals surface area contributed by atoms with Gasteiger partial charge in [-0.2, -0.15) is 0 Å². The molecule has 0 N–H and O–H groups in total. The Morgan fingerprint density at radius 2 is 1.72 bits per heavy atom. The van der Waals surface area contributed by atoms with E-state index in [0.717, 1.165) is 22.9 Å². The molecule has 0 spiro atoms. The quantitative estimate of drug-likeness (QED) is 0.736. The first-order valence-electron chi connectivity index (χ1n) is 7.74. The number of methoxy groups -OCH3 is 1. The molecule has 4 nitrogen and oxygen atoms in total. The minimum absolute atomic E-state index is 0.297. The summed E-state index contributed by atoms with van der Waals surface area (Å²) in [6, 6.07) is 16.7. The molecular formula is C20H17NO3S. The zero-order valence-electron chi connectivity index (χ0n) is 13.9. The number of amides is 2. The van der Waals surface area contributed by atoms with Gasteiger partial charge in [0.15, 0.2) is 0 Å². The second-order valence-electron chi connectivity index (χ2n) is 5.51. The summed E-state index contributed by atoms with van der Waals surface area (Å²) in [4.78, 5) is 26.5. The molecule has 0 saturated carbocycles. The second kappa shape index (κ2) is 7.40. The van der Waals surface area contributed by atoms with Gasteiger partial charge >= 0.3 is 0 Å². The van der Waals surface area contributed by atoms with Crippen LogP contribution < -0.4 is 9.64 Å². The standard InChI is InChI=1S/C20H17NO3S/c1-14(12-15-6-4-3-5-7-15)13-18-19(22)21(20(23)25-18)16-8-10-17(24-2)11-9-16/h3-13H,1-2H3. The first-order chi connectivity index (χ1) is 12.1. The third-order valence-electron chi connectivity index (χ3n) is 3.68. The summed E-state index contributed by atoms with van der Waals surface area (Å²) in [5.41, 5.74) is 2.49. The van der Waals surface area contributed by atoms with Gasteiger partial charge in [-0.15, -0.1) is 0 Å². The van der Waals surface area contributed by atoms with E-state index in [2.05, 4.69) is 0 Å². The van der Waals surface area contributed by atoms with Crippen molar-refractivity contribution in [2.75, 3.05) is 12.0 Å². The smallest absolute Gasteiger partial charge is 0.298 e. The van der Waals surface area contributed by atoms with E-state index in [0.29, 0.717) is 16.3 Å². The van der Waals surface area contributed by atoms with Gasteiger partial charge in [-0.25, -0.2) is 4.90 Å². The minimum Gasteiger partial charge on any atom is -0.497 e. The van der Waals surface area contributed by atoms with Crippen molar-refractivity contribution in [1.29, 1.82) is 0 Å². The maximum Gasteiger partial charge on any atom is 0.298 e. The van der Waals surface area contributed by atoms with Crippen molar-refractivity contribution in [3.63, 3.8) is 0 Å². The first-order valence-corrected chi connectivity index (χ1v) is 8.55. The molecule has 0 aromatic heterocycles. The monoisotopic (exact) mass is 351 g/mol. The molecule has 25 heavy (non-hydrogen) atoms. The summed E-state index contributed by atoms with van der Waals surface area (Å²) in [6.07, 6.45) is 3.72. The lowest BCUT2D eigenvalue weighted by molar-refractivity contribution is -0.113. The van der Waals surface area contributed by atoms with Crippen LogP contribution in [-0.2, 0) is 4.79 Å². The molecule has 1 aliphatic heterocycles. The van der Waals surface area contributed by atoms with Gasteiger partial charge < -0.3 is 4.74 Å². The Kier molecular flexibility index (Phi) is 5.05. The van der Waals surface area contributed by atoms with Crippen LogP contribution in [0.25, 0.3) is 6.08 Å². The highest BCUT2D eigenvalue weighted by molar-refractivity contribution is 8.18. The first kappa shape index (κ1) is 17.0. The Morgan fingerprint density at radius 3 is 2.36 bits per heavy atom. The molecule has 0 aliphatic carbocycles. The molecule has 0 unspecified atom stereocenters. The number of hydrogen-bond acceptors (Lipinski definition) is 4. The molecule has 0 atom stereocenters. The third-order valence-corrected chi connectivity index (χ3v) is 4.55. The summed E-state index contributed by atoms with van der Waals surface area (Å²) < 4.78 is 5.10. The van der Waals surface area contributed by atoms with Crippen molar-refractivity contribution in [2.45, 2.75) is 6.92 Å². The lowest BCUT2D eigenvalue weighted by atomic mass is 10.1. The predicted molar refractivity (Wildman–Crippen MR) is 102 cm³/mol. The maximum atomic E-state index is 12.6. The van der Waals surface area contributed by atoms with E-state index < -0.39 is 0 Å². The molecule has 2 aromatic carbocycles. The molecule has 0 radical (unpaired) electrons. The van der Waals surface area contributed by atoms with Crippen molar-refractivity contribution in [3.05, 3.63) is 76.7 Å². The molecule has 3 rings (SSSR count). The number of carbonyl (C=O) groups is 2. The number of carbonyl (C=O) groups excluding carboxylic acids is 2. The number of imide groups is 1. The molecule has 0 bridgehead atoms. The zero-order valence-corrected chi connectivity index (χ0v) is 14.7. The Hall–Kier alpha value is -2.79. The number of benzene rings is 2. The number of allylic oxidation sites excluding steroid dienone is 2. The van der Waals surface area contributed by atoms with Crippen LogP contribution in [0, 0.1) is 0 Å². The molecular weight excluding hydrogens is 334 g/mol. The average molecular weight is 351 g/mol. The van der Waals surface area contributed by atoms with Gasteiger partial charge in [-0.1, -0.05) is 36.4 Å². The fourth-order valence-electron chi connectivity index (χ4n) is 2.48. The predicted octanol–water partition coefficient (Wildman–Crippen LogP) is 4.88. The van der Waals surface area contributed by atoms with E-state index >= 15 is 0 Å². The number of ether oxygens (including phenoxy) is 1. The Bertz CT molecular complexity index is 854. The van der Waals surface area contributed by atoms with Gasteiger partial charge in [0.25, 0.3) is 11.1 Å². The summed E-state index contributed by atoms with van der Waals surface area (Å²) in [5.74, 6) is 0.369. The van der Waals surface area contributed by atoms with Crippen LogP contribution in [0.5, 0.6) is 5.75 Å². The van der Waals surface area contributed by atoms with E-state index in [-0.39, 0.29) is 11.1 Å². The summed E-state index contributed by atoms with van der Waals surface area (Å²) >= 11 is 0.952. The largest absolute Gasteiger partial charge is 0.497 e. The van der Waals surface area contributed by atoms with Crippen LogP contribution in [0.4, 0.5) is 10.5 Å². The van der Waals surface area contributed by atoms with Gasteiger partial charge in [0.2, 0.25) is 0 Å². The van der Waals surface area contributed by atoms with Crippen molar-refractivity contribution in [1.82, 2.24) is 0 Å². The normalized spacial score (nSPS) is 16.6. The van der Waals surface area contributed by atoms with Crippen molar-refractivity contribution in [3.8, 4) is 5.75 Å². The van der Waals surface area contributed by atoms with E-state index in [1.165, 1.54) is 4.90 Å². The highest BCUT2D eigenvalue weighted by Gasteiger charge is 2.36. The highest BCUT2D eigenvalue weighted by atomic mass is 32.2. The maximum absolute atomic E-state index is 12.6. The lowest BCUT2D eigenvalue weighted by Gasteiger charge is -2.12. The molecule has 1 saturated heterocycles. The molecule has 1 aliphatic rings. The van der Waals surface area contributed by atoms with Gasteiger partial charge in [0.05, 0.1) is 17.7 Å². The Morgan fingerprint density at radius 1 is 1.04 bits per heavy atom. The minimum atomic E-state index is -0.305. The van der Waals surface area contributed by atoms with Crippen LogP contribution in [-0.4, -0.2) is 18.3 Å². The summed E-state index contributed by atoms with van der Waals surface area (Å²) in [7, 11) is 1.57. The van der Waals surface area contributed by atoms with Gasteiger partial charge in [0.1, 0.15) is 5.75 Å². The molecule has 126 valence electrons. The van der Waals surface area contributed by atoms with Gasteiger partial charge in [0, 0.05) is 0 Å². The fourth-order valence-corrected chi connectivity index (χ4v) is 3.37. The molecule has 1 heterocycles. The lowest BCUT2D eigenvalue weighted by Crippen LogP contribution is -2.27. The van der Waals surface area contributed by atoms with E-state index in [9.17, 15) is 9.59 Å². The SMILES string of the molecule is COc1ccc(N2C(=O)SC(=CC(C)=Cc3ccccc3)C2=O)cc1. The third kappa shape index (κ3) is 3.83. The summed E-state index contributed by atoms with van der Waals surface area (Å²) in [5, 5.41) is -0.297. The van der Waals surface area contributed by atoms with E-state index in [1.807, 2.05) is 43.3 Å². The van der Waals surface area contributed by atoms with Crippen LogP contribution >= 0.6 is 11.8 Å². The molecule has 2 aromatic rings. The molecule has 2 amide bonds. The molecule has 1 fully saturated rings. The number of hydrogen-bond donors (Lipinski definition) is 0. The number of nitrogens with zero attached hydrogens (tertiary/aromatic N) is 1. The van der Waals surface area contributed by atoms with Crippen LogP contribution in [0.3, 0.4) is 0 Å². The second-order valence-corrected chi connectivity index (χ2v) is 6.51. The number of rotatable bonds is 4. The summed E-state index contributed by atoms with van der Waals surface area (Å²) in [6.45, 7) is 1.91. The number of anilines is 1. The van der Waals surface area contributed by atoms with Crippen LogP contribution in [0.1, 0.15) is 12.5 Å². The van der Waals surface area contributed by atoms with Crippen molar-refractivity contribution >= 4 is 34.7 Å². The topological polar surface area (TPSA) is 46.6 Å². The average Bonchev–Trinajstić information content (AvgIpc) is 2.89. The van der Waals surface area contributed by atoms with Crippen molar-refractivity contribution in [2.24, 2.45) is 0 Å². The van der Waals surface area contributed by atoms with E-state index in [4.69, 9.17) is 4.74 Å². The van der Waals surface area contributed by atoms with Crippen LogP contribution in [0.2, 0.25) is 0 Å². The van der Waals surface area contributed by atoms with Crippen LogP contribution in [0.15, 0.2) is 71.2 Å². The van der Waals surface area contributed by atoms with Gasteiger partial charge in [-0.05, 0) is 60.2 Å². The Labute approximate surface area is 150 Å². The van der Waals surface area contributed by atoms with E-state index in [1.54, 1.807) is 37.5 Å².